The van der Waals surface area contributed by atoms with Crippen molar-refractivity contribution in [1.82, 2.24) is 9.71 Å². The Balaban J connectivity index is 1.83. The van der Waals surface area contributed by atoms with Gasteiger partial charge in [-0.2, -0.15) is 0 Å². The smallest absolute Gasteiger partial charge is 0.274 e. The molecule has 9 heteroatoms. The molecule has 1 aromatic heterocycles. The van der Waals surface area contributed by atoms with E-state index in [1.807, 2.05) is 18.2 Å². The molecule has 0 bridgehead atoms. The standard InChI is InChI=1S/C17H22N4O4S/c1-25-9-7-20-26(23,24)12-10-15(19-11-12)17(22)21-8-3-4-13-14(18)5-2-6-16(13)21/h2,5-6,10-11,19-20H,3-4,7-9,18H2,1H3. The van der Waals surface area contributed by atoms with Crippen molar-refractivity contribution in [3.8, 4) is 0 Å². The van der Waals surface area contributed by atoms with E-state index in [9.17, 15) is 13.2 Å². The summed E-state index contributed by atoms with van der Waals surface area (Å²) in [6.07, 6.45) is 2.93. The van der Waals surface area contributed by atoms with Gasteiger partial charge in [0.05, 0.1) is 6.61 Å². The third-order valence-corrected chi connectivity index (χ3v) is 5.77. The Kier molecular flexibility index (Phi) is 5.30. The summed E-state index contributed by atoms with van der Waals surface area (Å²) >= 11 is 0. The van der Waals surface area contributed by atoms with Gasteiger partial charge >= 0.3 is 0 Å². The Labute approximate surface area is 152 Å². The highest BCUT2D eigenvalue weighted by Gasteiger charge is 2.27. The van der Waals surface area contributed by atoms with E-state index in [0.29, 0.717) is 12.2 Å². The van der Waals surface area contributed by atoms with Crippen LogP contribution in [0.4, 0.5) is 11.4 Å². The van der Waals surface area contributed by atoms with E-state index < -0.39 is 10.0 Å². The zero-order valence-electron chi connectivity index (χ0n) is 14.5. The molecule has 1 aromatic carbocycles. The number of aromatic nitrogens is 1. The first-order chi connectivity index (χ1) is 12.4. The van der Waals surface area contributed by atoms with E-state index in [2.05, 4.69) is 9.71 Å². The minimum Gasteiger partial charge on any atom is -0.398 e. The normalized spacial score (nSPS) is 14.3. The average molecular weight is 378 g/mol. The fraction of sp³-hybridized carbons (Fsp3) is 0.353. The van der Waals surface area contributed by atoms with E-state index in [0.717, 1.165) is 24.1 Å². The minimum atomic E-state index is -3.70. The first-order valence-corrected chi connectivity index (χ1v) is 9.78. The second-order valence-corrected chi connectivity index (χ2v) is 7.81. The van der Waals surface area contributed by atoms with Crippen LogP contribution < -0.4 is 15.4 Å². The third kappa shape index (κ3) is 3.59. The molecule has 140 valence electrons. The van der Waals surface area contributed by atoms with E-state index >= 15 is 0 Å². The number of fused-ring (bicyclic) bond motifs is 1. The molecule has 1 aliphatic rings. The summed E-state index contributed by atoms with van der Waals surface area (Å²) in [6.45, 7) is 0.982. The number of hydrogen-bond donors (Lipinski definition) is 3. The van der Waals surface area contributed by atoms with Gasteiger partial charge in [-0.1, -0.05) is 6.07 Å². The van der Waals surface area contributed by atoms with Gasteiger partial charge in [-0.3, -0.25) is 4.79 Å². The van der Waals surface area contributed by atoms with Crippen LogP contribution in [0.25, 0.3) is 0 Å². The largest absolute Gasteiger partial charge is 0.398 e. The molecule has 1 aliphatic heterocycles. The van der Waals surface area contributed by atoms with Crippen molar-refractivity contribution in [3.63, 3.8) is 0 Å². The van der Waals surface area contributed by atoms with E-state index in [1.165, 1.54) is 19.4 Å². The van der Waals surface area contributed by atoms with Crippen LogP contribution in [-0.2, 0) is 21.2 Å². The number of ether oxygens (including phenoxy) is 1. The summed E-state index contributed by atoms with van der Waals surface area (Å²) in [7, 11) is -2.20. The zero-order chi connectivity index (χ0) is 18.7. The van der Waals surface area contributed by atoms with Gasteiger partial charge in [0, 0.05) is 37.8 Å². The number of aromatic amines is 1. The molecule has 3 rings (SSSR count). The molecule has 4 N–H and O–H groups in total. The molecule has 8 nitrogen and oxygen atoms in total. The third-order valence-electron chi connectivity index (χ3n) is 4.33. The first kappa shape index (κ1) is 18.4. The number of H-pyrrole nitrogens is 1. The van der Waals surface area contributed by atoms with Crippen LogP contribution in [0.15, 0.2) is 35.4 Å². The average Bonchev–Trinajstić information content (AvgIpc) is 3.12. The predicted molar refractivity (Wildman–Crippen MR) is 98.7 cm³/mol. The van der Waals surface area contributed by atoms with Crippen molar-refractivity contribution in [3.05, 3.63) is 41.7 Å². The van der Waals surface area contributed by atoms with Crippen molar-refractivity contribution in [2.24, 2.45) is 0 Å². The Morgan fingerprint density at radius 2 is 2.23 bits per heavy atom. The number of benzene rings is 1. The lowest BCUT2D eigenvalue weighted by atomic mass is 9.99. The molecule has 0 saturated carbocycles. The molecule has 0 aliphatic carbocycles. The topological polar surface area (TPSA) is 118 Å². The highest BCUT2D eigenvalue weighted by Crippen LogP contribution is 2.32. The Morgan fingerprint density at radius 3 is 3.00 bits per heavy atom. The molecule has 0 spiro atoms. The van der Waals surface area contributed by atoms with Crippen LogP contribution in [0.3, 0.4) is 0 Å². The quantitative estimate of drug-likeness (QED) is 0.514. The van der Waals surface area contributed by atoms with Gasteiger partial charge in [0.15, 0.2) is 0 Å². The number of nitrogens with two attached hydrogens (primary N) is 1. The van der Waals surface area contributed by atoms with Crippen molar-refractivity contribution in [1.29, 1.82) is 0 Å². The van der Waals surface area contributed by atoms with Crippen molar-refractivity contribution < 1.29 is 17.9 Å². The molecule has 0 saturated heterocycles. The molecule has 0 atom stereocenters. The lowest BCUT2D eigenvalue weighted by Gasteiger charge is -2.30. The fourth-order valence-electron chi connectivity index (χ4n) is 3.02. The van der Waals surface area contributed by atoms with Gasteiger partial charge in [-0.25, -0.2) is 13.1 Å². The highest BCUT2D eigenvalue weighted by atomic mass is 32.2. The van der Waals surface area contributed by atoms with Crippen LogP contribution in [-0.4, -0.2) is 46.1 Å². The molecular weight excluding hydrogens is 356 g/mol. The van der Waals surface area contributed by atoms with Gasteiger partial charge in [0.25, 0.3) is 5.91 Å². The second kappa shape index (κ2) is 7.48. The Morgan fingerprint density at radius 1 is 1.42 bits per heavy atom. The second-order valence-electron chi connectivity index (χ2n) is 6.04. The molecular formula is C17H22N4O4S. The summed E-state index contributed by atoms with van der Waals surface area (Å²) in [5, 5.41) is 0. The number of carbonyl (C=O) groups is 1. The minimum absolute atomic E-state index is 0.0155. The number of hydrogen-bond acceptors (Lipinski definition) is 5. The lowest BCUT2D eigenvalue weighted by molar-refractivity contribution is 0.0981. The summed E-state index contributed by atoms with van der Waals surface area (Å²) < 4.78 is 31.7. The first-order valence-electron chi connectivity index (χ1n) is 8.30. The maximum Gasteiger partial charge on any atom is 0.274 e. The lowest BCUT2D eigenvalue weighted by Crippen LogP contribution is -2.36. The number of sulfonamides is 1. The van der Waals surface area contributed by atoms with Gasteiger partial charge in [0.2, 0.25) is 10.0 Å². The number of nitrogens with one attached hydrogen (secondary N) is 2. The van der Waals surface area contributed by atoms with Crippen LogP contribution >= 0.6 is 0 Å². The molecule has 2 aromatic rings. The van der Waals surface area contributed by atoms with Crippen LogP contribution in [0.1, 0.15) is 22.5 Å². The zero-order valence-corrected chi connectivity index (χ0v) is 15.3. The highest BCUT2D eigenvalue weighted by molar-refractivity contribution is 7.89. The van der Waals surface area contributed by atoms with Crippen LogP contribution in [0.2, 0.25) is 0 Å². The van der Waals surface area contributed by atoms with E-state index in [-0.39, 0.29) is 29.6 Å². The fourth-order valence-corrected chi connectivity index (χ4v) is 4.03. The van der Waals surface area contributed by atoms with Crippen molar-refractivity contribution in [2.45, 2.75) is 17.7 Å². The number of nitrogens with zero attached hydrogens (tertiary/aromatic N) is 1. The maximum atomic E-state index is 12.9. The van der Waals surface area contributed by atoms with Gasteiger partial charge in [-0.05, 0) is 36.6 Å². The SMILES string of the molecule is COCCNS(=O)(=O)c1c[nH]c(C(=O)N2CCCc3c(N)cccc32)c1. The Bertz CT molecular complexity index is 907. The summed E-state index contributed by atoms with van der Waals surface area (Å²) in [5.41, 5.74) is 8.63. The van der Waals surface area contributed by atoms with E-state index in [1.54, 1.807) is 4.90 Å². The number of carbonyl (C=O) groups excluding carboxylic acids is 1. The number of nitrogen functional groups attached to an aromatic ring is 1. The number of methoxy groups -OCH3 is 1. The van der Waals surface area contributed by atoms with Gasteiger partial charge in [0.1, 0.15) is 10.6 Å². The van der Waals surface area contributed by atoms with Crippen molar-refractivity contribution >= 4 is 27.3 Å². The summed E-state index contributed by atoms with van der Waals surface area (Å²) in [6, 6.07) is 6.83. The molecule has 0 unspecified atom stereocenters. The molecule has 26 heavy (non-hydrogen) atoms. The Hall–Kier alpha value is -2.36. The van der Waals surface area contributed by atoms with Crippen LogP contribution in [0.5, 0.6) is 0 Å². The monoisotopic (exact) mass is 378 g/mol. The molecule has 2 heterocycles. The van der Waals surface area contributed by atoms with Gasteiger partial charge in [-0.15, -0.1) is 0 Å². The van der Waals surface area contributed by atoms with Crippen LogP contribution in [0, 0.1) is 0 Å². The number of amides is 1. The number of rotatable bonds is 6. The summed E-state index contributed by atoms with van der Waals surface area (Å²) in [4.78, 5) is 17.3. The molecule has 1 amide bonds. The molecule has 0 fully saturated rings. The van der Waals surface area contributed by atoms with Gasteiger partial charge < -0.3 is 20.4 Å². The van der Waals surface area contributed by atoms with Crippen molar-refractivity contribution in [2.75, 3.05) is 37.4 Å². The van der Waals surface area contributed by atoms with E-state index in [4.69, 9.17) is 10.5 Å². The maximum absolute atomic E-state index is 12.9. The number of anilines is 2. The predicted octanol–water partition coefficient (Wildman–Crippen LogP) is 1.11. The molecule has 0 radical (unpaired) electrons. The summed E-state index contributed by atoms with van der Waals surface area (Å²) in [5.74, 6) is -0.283.